The van der Waals surface area contributed by atoms with Crippen molar-refractivity contribution < 1.29 is 17.6 Å². The van der Waals surface area contributed by atoms with Gasteiger partial charge in [0.2, 0.25) is 11.8 Å². The Balaban J connectivity index is 1.59. The van der Waals surface area contributed by atoms with Crippen molar-refractivity contribution in [2.45, 2.75) is 23.0 Å². The molecule has 1 aliphatic carbocycles. The normalized spacial score (nSPS) is 20.4. The van der Waals surface area contributed by atoms with Gasteiger partial charge in [-0.3, -0.25) is 0 Å². The van der Waals surface area contributed by atoms with Gasteiger partial charge in [-0.1, -0.05) is 0 Å². The van der Waals surface area contributed by atoms with Gasteiger partial charge >= 0.3 is 0 Å². The molecule has 0 spiro atoms. The summed E-state index contributed by atoms with van der Waals surface area (Å²) >= 11 is 1.18. The van der Waals surface area contributed by atoms with Crippen LogP contribution in [0.5, 0.6) is 0 Å². The first kappa shape index (κ1) is 14.3. The van der Waals surface area contributed by atoms with Crippen LogP contribution in [0.3, 0.4) is 0 Å². The predicted octanol–water partition coefficient (Wildman–Crippen LogP) is 1.70. The Kier molecular flexibility index (Phi) is 3.52. The Bertz CT molecular complexity index is 773. The molecule has 118 valence electrons. The minimum Gasteiger partial charge on any atom is -0.420 e. The number of hydrogen-bond acceptors (Lipinski definition) is 7. The van der Waals surface area contributed by atoms with Crippen LogP contribution in [0.1, 0.15) is 24.7 Å². The monoisotopic (exact) mass is 341 g/mol. The van der Waals surface area contributed by atoms with E-state index < -0.39 is 10.0 Å². The first-order valence-electron chi connectivity index (χ1n) is 7.15. The van der Waals surface area contributed by atoms with Crippen LogP contribution in [-0.4, -0.2) is 49.2 Å². The lowest BCUT2D eigenvalue weighted by Gasteiger charge is -2.25. The maximum atomic E-state index is 12.6. The van der Waals surface area contributed by atoms with Crippen molar-refractivity contribution in [2.24, 2.45) is 0 Å². The van der Waals surface area contributed by atoms with E-state index in [-0.39, 0.29) is 0 Å². The molecule has 2 aromatic heterocycles. The van der Waals surface area contributed by atoms with Crippen molar-refractivity contribution in [1.29, 1.82) is 0 Å². The number of aromatic nitrogens is 2. The SMILES string of the molecule is O=S(=O)(c1cc(-c2nnc(C3CC3)o2)cs1)N1CCOCC1. The number of rotatable bonds is 4. The predicted molar refractivity (Wildman–Crippen MR) is 79.2 cm³/mol. The van der Waals surface area contributed by atoms with Gasteiger partial charge < -0.3 is 9.15 Å². The Morgan fingerprint density at radius 3 is 2.73 bits per heavy atom. The zero-order chi connectivity index (χ0) is 15.2. The van der Waals surface area contributed by atoms with Crippen molar-refractivity contribution in [1.82, 2.24) is 14.5 Å². The van der Waals surface area contributed by atoms with Crippen LogP contribution >= 0.6 is 11.3 Å². The fourth-order valence-corrected chi connectivity index (χ4v) is 5.04. The number of thiophene rings is 1. The number of sulfonamides is 1. The summed E-state index contributed by atoms with van der Waals surface area (Å²) in [5.41, 5.74) is 0.663. The van der Waals surface area contributed by atoms with Crippen LogP contribution in [0.4, 0.5) is 0 Å². The Morgan fingerprint density at radius 1 is 1.23 bits per heavy atom. The van der Waals surface area contributed by atoms with Gasteiger partial charge in [0.05, 0.1) is 18.8 Å². The Hall–Kier alpha value is -1.29. The molecule has 0 aromatic carbocycles. The summed E-state index contributed by atoms with van der Waals surface area (Å²) in [6, 6.07) is 1.61. The zero-order valence-electron chi connectivity index (χ0n) is 11.8. The molecule has 1 saturated carbocycles. The summed E-state index contributed by atoms with van der Waals surface area (Å²) in [6.07, 6.45) is 2.17. The van der Waals surface area contributed by atoms with Crippen LogP contribution in [0.25, 0.3) is 11.5 Å². The maximum Gasteiger partial charge on any atom is 0.252 e. The van der Waals surface area contributed by atoms with E-state index in [1.165, 1.54) is 15.6 Å². The molecular weight excluding hydrogens is 326 g/mol. The van der Waals surface area contributed by atoms with Gasteiger partial charge in [-0.25, -0.2) is 8.42 Å². The lowest BCUT2D eigenvalue weighted by molar-refractivity contribution is 0.0731. The summed E-state index contributed by atoms with van der Waals surface area (Å²) < 4.78 is 37.7. The second-order valence-corrected chi connectivity index (χ2v) is 8.47. The molecule has 0 bridgehead atoms. The molecule has 1 saturated heterocycles. The van der Waals surface area contributed by atoms with Gasteiger partial charge in [0.15, 0.2) is 0 Å². The third-order valence-electron chi connectivity index (χ3n) is 3.75. The van der Waals surface area contributed by atoms with E-state index in [0.717, 1.165) is 12.8 Å². The third kappa shape index (κ3) is 2.58. The number of hydrogen-bond donors (Lipinski definition) is 0. The summed E-state index contributed by atoms with van der Waals surface area (Å²) in [5.74, 6) is 1.43. The highest BCUT2D eigenvalue weighted by Gasteiger charge is 2.31. The van der Waals surface area contributed by atoms with E-state index in [4.69, 9.17) is 9.15 Å². The van der Waals surface area contributed by atoms with Gasteiger partial charge in [0.25, 0.3) is 10.0 Å². The average molecular weight is 341 g/mol. The van der Waals surface area contributed by atoms with Crippen molar-refractivity contribution in [3.05, 3.63) is 17.3 Å². The molecular formula is C13H15N3O4S2. The molecule has 22 heavy (non-hydrogen) atoms. The fourth-order valence-electron chi connectivity index (χ4n) is 2.32. The van der Waals surface area contributed by atoms with E-state index in [2.05, 4.69) is 10.2 Å². The first-order chi connectivity index (χ1) is 10.6. The van der Waals surface area contributed by atoms with Crippen molar-refractivity contribution >= 4 is 21.4 Å². The van der Waals surface area contributed by atoms with Crippen LogP contribution in [0.15, 0.2) is 20.1 Å². The van der Waals surface area contributed by atoms with E-state index >= 15 is 0 Å². The van der Waals surface area contributed by atoms with E-state index in [0.29, 0.717) is 53.8 Å². The van der Waals surface area contributed by atoms with Crippen molar-refractivity contribution in [3.8, 4) is 11.5 Å². The largest absolute Gasteiger partial charge is 0.420 e. The molecule has 2 aromatic rings. The van der Waals surface area contributed by atoms with Gasteiger partial charge in [-0.15, -0.1) is 21.5 Å². The smallest absolute Gasteiger partial charge is 0.252 e. The highest BCUT2D eigenvalue weighted by Crippen LogP contribution is 2.40. The quantitative estimate of drug-likeness (QED) is 0.841. The molecule has 9 heteroatoms. The second kappa shape index (κ2) is 5.41. The molecule has 0 unspecified atom stereocenters. The lowest BCUT2D eigenvalue weighted by atomic mass is 10.3. The molecule has 0 N–H and O–H groups in total. The highest BCUT2D eigenvalue weighted by molar-refractivity contribution is 7.91. The Labute approximate surface area is 132 Å². The summed E-state index contributed by atoms with van der Waals surface area (Å²) in [5, 5.41) is 9.79. The topological polar surface area (TPSA) is 85.5 Å². The first-order valence-corrected chi connectivity index (χ1v) is 9.47. The number of ether oxygens (including phenoxy) is 1. The van der Waals surface area contributed by atoms with Crippen LogP contribution < -0.4 is 0 Å². The lowest BCUT2D eigenvalue weighted by Crippen LogP contribution is -2.40. The van der Waals surface area contributed by atoms with Crippen LogP contribution in [0, 0.1) is 0 Å². The molecule has 7 nitrogen and oxygen atoms in total. The summed E-state index contributed by atoms with van der Waals surface area (Å²) in [4.78, 5) is 0. The maximum absolute atomic E-state index is 12.6. The van der Waals surface area contributed by atoms with Gasteiger partial charge in [-0.05, 0) is 18.9 Å². The molecule has 2 aliphatic rings. The molecule has 0 radical (unpaired) electrons. The van der Waals surface area contributed by atoms with Gasteiger partial charge in [0, 0.05) is 24.4 Å². The zero-order valence-corrected chi connectivity index (χ0v) is 13.4. The average Bonchev–Trinajstić information content (AvgIpc) is 3.06. The molecule has 4 rings (SSSR count). The summed E-state index contributed by atoms with van der Waals surface area (Å²) in [7, 11) is -3.46. The molecule has 0 atom stereocenters. The second-order valence-electron chi connectivity index (χ2n) is 5.39. The van der Waals surface area contributed by atoms with Crippen LogP contribution in [0.2, 0.25) is 0 Å². The van der Waals surface area contributed by atoms with Crippen molar-refractivity contribution in [3.63, 3.8) is 0 Å². The highest BCUT2D eigenvalue weighted by atomic mass is 32.2. The van der Waals surface area contributed by atoms with Gasteiger partial charge in [0.1, 0.15) is 4.21 Å². The van der Waals surface area contributed by atoms with E-state index in [9.17, 15) is 8.42 Å². The van der Waals surface area contributed by atoms with E-state index in [1.807, 2.05) is 0 Å². The third-order valence-corrected chi connectivity index (χ3v) is 7.07. The van der Waals surface area contributed by atoms with E-state index in [1.54, 1.807) is 11.4 Å². The van der Waals surface area contributed by atoms with Crippen LogP contribution in [-0.2, 0) is 14.8 Å². The summed E-state index contributed by atoms with van der Waals surface area (Å²) in [6.45, 7) is 1.65. The standard InChI is InChI=1S/C13H15N3O4S2/c17-22(18,16-3-5-19-6-4-16)11-7-10(8-21-11)13-15-14-12(20-13)9-1-2-9/h7-9H,1-6H2. The fraction of sp³-hybridized carbons (Fsp3) is 0.538. The molecule has 0 amide bonds. The minimum absolute atomic E-state index is 0.301. The minimum atomic E-state index is -3.46. The molecule has 1 aliphatic heterocycles. The Morgan fingerprint density at radius 2 is 2.00 bits per heavy atom. The number of morpholine rings is 1. The van der Waals surface area contributed by atoms with Gasteiger partial charge in [-0.2, -0.15) is 4.31 Å². The number of nitrogens with zero attached hydrogens (tertiary/aromatic N) is 3. The van der Waals surface area contributed by atoms with Crippen molar-refractivity contribution in [2.75, 3.05) is 26.3 Å². The molecule has 2 fully saturated rings. The molecule has 3 heterocycles.